The van der Waals surface area contributed by atoms with Gasteiger partial charge in [0, 0.05) is 18.6 Å². The zero-order chi connectivity index (χ0) is 9.72. The molecule has 1 unspecified atom stereocenters. The van der Waals surface area contributed by atoms with E-state index in [1.807, 2.05) is 0 Å². The van der Waals surface area contributed by atoms with Gasteiger partial charge in [0.25, 0.3) is 0 Å². The van der Waals surface area contributed by atoms with Crippen LogP contribution in [-0.4, -0.2) is 49.1 Å². The van der Waals surface area contributed by atoms with Gasteiger partial charge in [-0.15, -0.1) is 0 Å². The zero-order valence-electron chi connectivity index (χ0n) is 9.46. The average molecular weight is 172 g/mol. The summed E-state index contributed by atoms with van der Waals surface area (Å²) in [6.07, 6.45) is 0. The molecule has 0 radical (unpaired) electrons. The molecular weight excluding hydrogens is 148 g/mol. The van der Waals surface area contributed by atoms with Crippen LogP contribution < -0.4 is 0 Å². The summed E-state index contributed by atoms with van der Waals surface area (Å²) in [5, 5.41) is 0. The van der Waals surface area contributed by atoms with Gasteiger partial charge in [0.1, 0.15) is 0 Å². The highest BCUT2D eigenvalue weighted by atomic mass is 15.2. The second-order valence-electron chi connectivity index (χ2n) is 3.99. The lowest BCUT2D eigenvalue weighted by Gasteiger charge is -2.30. The first-order valence-corrected chi connectivity index (χ1v) is 4.89. The van der Waals surface area contributed by atoms with Crippen molar-refractivity contribution in [1.29, 1.82) is 0 Å². The maximum absolute atomic E-state index is 2.49. The molecule has 74 valence electrons. The van der Waals surface area contributed by atoms with E-state index in [1.54, 1.807) is 0 Å². The van der Waals surface area contributed by atoms with E-state index in [0.29, 0.717) is 12.1 Å². The fraction of sp³-hybridized carbons (Fsp3) is 1.00. The Bertz CT molecular complexity index is 110. The van der Waals surface area contributed by atoms with Crippen LogP contribution in [-0.2, 0) is 0 Å². The van der Waals surface area contributed by atoms with Gasteiger partial charge in [0.2, 0.25) is 0 Å². The number of likely N-dealkylation sites (N-methyl/N-ethyl adjacent to an activating group) is 2. The summed E-state index contributed by atoms with van der Waals surface area (Å²) < 4.78 is 0. The summed E-state index contributed by atoms with van der Waals surface area (Å²) in [5.41, 5.74) is 0. The van der Waals surface area contributed by atoms with Crippen LogP contribution in [0.15, 0.2) is 0 Å². The van der Waals surface area contributed by atoms with Gasteiger partial charge in [-0.3, -0.25) is 4.90 Å². The van der Waals surface area contributed by atoms with Crippen molar-refractivity contribution in [2.24, 2.45) is 0 Å². The molecular formula is C10H24N2. The largest absolute Gasteiger partial charge is 0.305 e. The molecule has 0 aliphatic rings. The highest BCUT2D eigenvalue weighted by Gasteiger charge is 2.12. The molecule has 2 heteroatoms. The highest BCUT2D eigenvalue weighted by molar-refractivity contribution is 4.68. The van der Waals surface area contributed by atoms with Crippen LogP contribution in [0.2, 0.25) is 0 Å². The summed E-state index contributed by atoms with van der Waals surface area (Å²) in [5.74, 6) is 0. The lowest BCUT2D eigenvalue weighted by molar-refractivity contribution is 0.169. The molecule has 0 aromatic carbocycles. The number of hydrogen-bond donors (Lipinski definition) is 0. The molecule has 0 rings (SSSR count). The second-order valence-corrected chi connectivity index (χ2v) is 3.99. The zero-order valence-corrected chi connectivity index (χ0v) is 9.46. The van der Waals surface area contributed by atoms with Crippen LogP contribution in [0.3, 0.4) is 0 Å². The number of rotatable bonds is 5. The van der Waals surface area contributed by atoms with Crippen molar-refractivity contribution >= 4 is 0 Å². The lowest BCUT2D eigenvalue weighted by Crippen LogP contribution is -2.41. The molecule has 0 amide bonds. The van der Waals surface area contributed by atoms with Gasteiger partial charge in [-0.2, -0.15) is 0 Å². The molecule has 12 heavy (non-hydrogen) atoms. The van der Waals surface area contributed by atoms with Crippen LogP contribution in [0, 0.1) is 0 Å². The van der Waals surface area contributed by atoms with Crippen LogP contribution in [0.25, 0.3) is 0 Å². The molecule has 1 atom stereocenters. The molecule has 0 saturated heterocycles. The SMILES string of the molecule is CCN(CC(C)N(C)C)C(C)C. The van der Waals surface area contributed by atoms with E-state index in [-0.39, 0.29) is 0 Å². The maximum Gasteiger partial charge on any atom is 0.0188 e. The Morgan fingerprint density at radius 3 is 1.83 bits per heavy atom. The third-order valence-corrected chi connectivity index (χ3v) is 2.52. The molecule has 2 nitrogen and oxygen atoms in total. The molecule has 0 aliphatic heterocycles. The normalized spacial score (nSPS) is 14.8. The van der Waals surface area contributed by atoms with Gasteiger partial charge in [-0.25, -0.2) is 0 Å². The maximum atomic E-state index is 2.49. The van der Waals surface area contributed by atoms with Crippen molar-refractivity contribution in [2.45, 2.75) is 39.8 Å². The van der Waals surface area contributed by atoms with Gasteiger partial charge in [-0.05, 0) is 41.4 Å². The van der Waals surface area contributed by atoms with Crippen molar-refractivity contribution in [2.75, 3.05) is 27.2 Å². The Morgan fingerprint density at radius 2 is 1.58 bits per heavy atom. The van der Waals surface area contributed by atoms with Crippen LogP contribution in [0.1, 0.15) is 27.7 Å². The highest BCUT2D eigenvalue weighted by Crippen LogP contribution is 2.01. The fourth-order valence-corrected chi connectivity index (χ4v) is 1.21. The quantitative estimate of drug-likeness (QED) is 0.622. The van der Waals surface area contributed by atoms with E-state index in [0.717, 1.165) is 6.54 Å². The third kappa shape index (κ3) is 4.07. The van der Waals surface area contributed by atoms with Gasteiger partial charge in [0.05, 0.1) is 0 Å². The Labute approximate surface area is 77.5 Å². The minimum absolute atomic E-state index is 0.646. The van der Waals surface area contributed by atoms with Crippen molar-refractivity contribution in [1.82, 2.24) is 9.80 Å². The van der Waals surface area contributed by atoms with Crippen LogP contribution >= 0.6 is 0 Å². The van der Waals surface area contributed by atoms with E-state index < -0.39 is 0 Å². The molecule has 0 saturated carbocycles. The molecule has 0 aliphatic carbocycles. The minimum atomic E-state index is 0.646. The predicted molar refractivity (Wildman–Crippen MR) is 55.5 cm³/mol. The van der Waals surface area contributed by atoms with E-state index in [2.05, 4.69) is 51.6 Å². The van der Waals surface area contributed by atoms with Gasteiger partial charge >= 0.3 is 0 Å². The summed E-state index contributed by atoms with van der Waals surface area (Å²) in [4.78, 5) is 4.76. The topological polar surface area (TPSA) is 6.48 Å². The van der Waals surface area contributed by atoms with Crippen molar-refractivity contribution in [3.8, 4) is 0 Å². The molecule has 0 N–H and O–H groups in total. The van der Waals surface area contributed by atoms with E-state index in [9.17, 15) is 0 Å². The van der Waals surface area contributed by atoms with Crippen LogP contribution in [0.5, 0.6) is 0 Å². The third-order valence-electron chi connectivity index (χ3n) is 2.52. The Balaban J connectivity index is 3.85. The van der Waals surface area contributed by atoms with E-state index >= 15 is 0 Å². The van der Waals surface area contributed by atoms with Crippen molar-refractivity contribution in [3.63, 3.8) is 0 Å². The van der Waals surface area contributed by atoms with Gasteiger partial charge in [-0.1, -0.05) is 6.92 Å². The summed E-state index contributed by atoms with van der Waals surface area (Å²) in [7, 11) is 4.28. The Kier molecular flexibility index (Phi) is 5.51. The average Bonchev–Trinajstić information content (AvgIpc) is 1.98. The monoisotopic (exact) mass is 172 g/mol. The van der Waals surface area contributed by atoms with E-state index in [1.165, 1.54) is 6.54 Å². The number of hydrogen-bond acceptors (Lipinski definition) is 2. The van der Waals surface area contributed by atoms with Crippen molar-refractivity contribution < 1.29 is 0 Å². The standard InChI is InChI=1S/C10H24N2/c1-7-12(9(2)3)8-10(4)11(5)6/h9-10H,7-8H2,1-6H3. The lowest BCUT2D eigenvalue weighted by atomic mass is 10.2. The molecule has 0 bridgehead atoms. The Morgan fingerprint density at radius 1 is 1.08 bits per heavy atom. The van der Waals surface area contributed by atoms with E-state index in [4.69, 9.17) is 0 Å². The van der Waals surface area contributed by atoms with Gasteiger partial charge < -0.3 is 4.90 Å². The summed E-state index contributed by atoms with van der Waals surface area (Å²) >= 11 is 0. The molecule has 0 heterocycles. The molecule has 0 fully saturated rings. The summed E-state index contributed by atoms with van der Waals surface area (Å²) in [6.45, 7) is 11.3. The first kappa shape index (κ1) is 11.9. The van der Waals surface area contributed by atoms with Crippen LogP contribution in [0.4, 0.5) is 0 Å². The van der Waals surface area contributed by atoms with Gasteiger partial charge in [0.15, 0.2) is 0 Å². The summed E-state index contributed by atoms with van der Waals surface area (Å²) in [6, 6.07) is 1.31. The molecule has 0 aromatic rings. The first-order chi connectivity index (χ1) is 5.49. The number of nitrogens with zero attached hydrogens (tertiary/aromatic N) is 2. The smallest absolute Gasteiger partial charge is 0.0188 e. The van der Waals surface area contributed by atoms with Crippen molar-refractivity contribution in [3.05, 3.63) is 0 Å². The minimum Gasteiger partial charge on any atom is -0.305 e. The second kappa shape index (κ2) is 5.55. The Hall–Kier alpha value is -0.0800. The molecule has 0 aromatic heterocycles. The predicted octanol–water partition coefficient (Wildman–Crippen LogP) is 1.67. The first-order valence-electron chi connectivity index (χ1n) is 4.89. The molecule has 0 spiro atoms. The fourth-order valence-electron chi connectivity index (χ4n) is 1.21.